The van der Waals surface area contributed by atoms with Crippen LogP contribution in [0.5, 0.6) is 0 Å². The number of piperazine rings is 1. The van der Waals surface area contributed by atoms with Crippen molar-refractivity contribution >= 4 is 16.7 Å². The van der Waals surface area contributed by atoms with Crippen LogP contribution in [-0.4, -0.2) is 69.6 Å². The number of nitrogens with zero attached hydrogens (tertiary/aromatic N) is 7. The molecule has 2 aliphatic heterocycles. The minimum Gasteiger partial charge on any atom is -0.378 e. The second kappa shape index (κ2) is 6.75. The molecule has 0 unspecified atom stereocenters. The van der Waals surface area contributed by atoms with E-state index < -0.39 is 0 Å². The Morgan fingerprint density at radius 3 is 2.67 bits per heavy atom. The zero-order chi connectivity index (χ0) is 22.2. The molecule has 1 aromatic carbocycles. The lowest BCUT2D eigenvalue weighted by atomic mass is 9.93. The molecule has 8 nitrogen and oxygen atoms in total. The number of fused-ring (bicyclic) bond motifs is 1. The van der Waals surface area contributed by atoms with E-state index >= 15 is 0 Å². The van der Waals surface area contributed by atoms with Crippen molar-refractivity contribution in [3.05, 3.63) is 42.4 Å². The number of hydrogen-bond donors (Lipinski definition) is 0. The van der Waals surface area contributed by atoms with Crippen molar-refractivity contribution < 1.29 is 4.74 Å². The summed E-state index contributed by atoms with van der Waals surface area (Å²) in [4.78, 5) is 14.0. The van der Waals surface area contributed by atoms with Crippen LogP contribution in [-0.2, 0) is 10.2 Å². The number of anilines is 1. The Kier molecular flexibility index (Phi) is 3.98. The zero-order valence-corrected chi connectivity index (χ0v) is 18.8. The van der Waals surface area contributed by atoms with Crippen LogP contribution in [0.4, 0.5) is 5.82 Å². The molecule has 168 valence electrons. The second-order valence-electron chi connectivity index (χ2n) is 10.3. The first-order valence-corrected chi connectivity index (χ1v) is 11.9. The molecule has 2 saturated heterocycles. The molecule has 1 spiro atoms. The maximum atomic E-state index is 9.96. The Labute approximate surface area is 192 Å². The Hall–Kier alpha value is -3.02. The lowest BCUT2D eigenvalue weighted by Gasteiger charge is -2.46. The number of hydrogen-bond acceptors (Lipinski definition) is 7. The summed E-state index contributed by atoms with van der Waals surface area (Å²) in [6, 6.07) is 12.1. The van der Waals surface area contributed by atoms with Gasteiger partial charge in [0.05, 0.1) is 42.5 Å². The van der Waals surface area contributed by atoms with Gasteiger partial charge in [0.15, 0.2) is 5.82 Å². The third kappa shape index (κ3) is 2.79. The van der Waals surface area contributed by atoms with Crippen LogP contribution < -0.4 is 4.90 Å². The summed E-state index contributed by atoms with van der Waals surface area (Å²) in [6.45, 7) is 6.87. The van der Waals surface area contributed by atoms with Gasteiger partial charge in [-0.25, -0.2) is 14.6 Å². The van der Waals surface area contributed by atoms with Crippen molar-refractivity contribution in [1.82, 2.24) is 24.6 Å². The largest absolute Gasteiger partial charge is 0.378 e. The average Bonchev–Trinajstić information content (AvgIpc) is 3.68. The third-order valence-corrected chi connectivity index (χ3v) is 8.44. The van der Waals surface area contributed by atoms with Crippen LogP contribution in [0.1, 0.15) is 31.7 Å². The SMILES string of the molecule is C[C@@H]1CN(c2cc(-n3ncc4ccc([C@]5(C#N)CC56CC6)cc43)ncn2)CCN1C1COC1. The summed E-state index contributed by atoms with van der Waals surface area (Å²) in [5.41, 5.74) is 2.05. The van der Waals surface area contributed by atoms with Crippen molar-refractivity contribution in [3.63, 3.8) is 0 Å². The highest BCUT2D eigenvalue weighted by Crippen LogP contribution is 2.78. The van der Waals surface area contributed by atoms with E-state index in [9.17, 15) is 5.26 Å². The first-order valence-electron chi connectivity index (χ1n) is 11.9. The Bertz CT molecular complexity index is 1290. The first kappa shape index (κ1) is 19.4. The molecule has 0 bridgehead atoms. The fourth-order valence-electron chi connectivity index (χ4n) is 6.08. The van der Waals surface area contributed by atoms with Gasteiger partial charge in [-0.2, -0.15) is 10.4 Å². The molecule has 0 radical (unpaired) electrons. The third-order valence-electron chi connectivity index (χ3n) is 8.44. The Balaban J connectivity index is 1.19. The van der Waals surface area contributed by atoms with E-state index in [1.807, 2.05) is 16.9 Å². The molecule has 2 atom stereocenters. The Morgan fingerprint density at radius 1 is 1.12 bits per heavy atom. The molecule has 2 aliphatic carbocycles. The van der Waals surface area contributed by atoms with Gasteiger partial charge in [0.1, 0.15) is 12.1 Å². The van der Waals surface area contributed by atoms with Crippen LogP contribution in [0.2, 0.25) is 0 Å². The molecule has 2 saturated carbocycles. The van der Waals surface area contributed by atoms with Crippen molar-refractivity contribution in [1.29, 1.82) is 5.26 Å². The Morgan fingerprint density at radius 2 is 1.97 bits per heavy atom. The molecule has 7 rings (SSSR count). The summed E-state index contributed by atoms with van der Waals surface area (Å²) in [5, 5.41) is 15.7. The molecular weight excluding hydrogens is 414 g/mol. The van der Waals surface area contributed by atoms with Gasteiger partial charge in [-0.1, -0.05) is 12.1 Å². The summed E-state index contributed by atoms with van der Waals surface area (Å²) < 4.78 is 7.28. The highest BCUT2D eigenvalue weighted by atomic mass is 16.5. The van der Waals surface area contributed by atoms with E-state index in [0.717, 1.165) is 67.4 Å². The normalized spacial score (nSPS) is 28.6. The molecule has 33 heavy (non-hydrogen) atoms. The van der Waals surface area contributed by atoms with Gasteiger partial charge in [-0.15, -0.1) is 0 Å². The van der Waals surface area contributed by atoms with E-state index in [1.165, 1.54) is 12.8 Å². The number of nitriles is 1. The lowest BCUT2D eigenvalue weighted by molar-refractivity contribution is -0.0793. The van der Waals surface area contributed by atoms with Gasteiger partial charge in [0, 0.05) is 37.1 Å². The smallest absolute Gasteiger partial charge is 0.159 e. The van der Waals surface area contributed by atoms with Gasteiger partial charge < -0.3 is 9.64 Å². The maximum absolute atomic E-state index is 9.96. The van der Waals surface area contributed by atoms with Gasteiger partial charge in [-0.3, -0.25) is 4.90 Å². The van der Waals surface area contributed by atoms with Gasteiger partial charge >= 0.3 is 0 Å². The molecule has 4 heterocycles. The van der Waals surface area contributed by atoms with Crippen molar-refractivity contribution in [3.8, 4) is 11.9 Å². The molecule has 3 aromatic rings. The number of rotatable bonds is 4. The molecule has 8 heteroatoms. The predicted octanol–water partition coefficient (Wildman–Crippen LogP) is 2.67. The molecule has 0 N–H and O–H groups in total. The summed E-state index contributed by atoms with van der Waals surface area (Å²) in [5.74, 6) is 1.70. The molecule has 4 fully saturated rings. The van der Waals surface area contributed by atoms with Crippen LogP contribution >= 0.6 is 0 Å². The molecular formula is C25H27N7O. The van der Waals surface area contributed by atoms with E-state index in [0.29, 0.717) is 12.1 Å². The van der Waals surface area contributed by atoms with Gasteiger partial charge in [-0.05, 0) is 43.2 Å². The highest BCUT2D eigenvalue weighted by molar-refractivity contribution is 5.82. The van der Waals surface area contributed by atoms with Gasteiger partial charge in [0.2, 0.25) is 0 Å². The maximum Gasteiger partial charge on any atom is 0.159 e. The quantitative estimate of drug-likeness (QED) is 0.616. The van der Waals surface area contributed by atoms with E-state index in [-0.39, 0.29) is 10.8 Å². The highest BCUT2D eigenvalue weighted by Gasteiger charge is 2.75. The van der Waals surface area contributed by atoms with Crippen molar-refractivity contribution in [2.45, 2.75) is 43.7 Å². The van der Waals surface area contributed by atoms with Gasteiger partial charge in [0.25, 0.3) is 0 Å². The van der Waals surface area contributed by atoms with Crippen LogP contribution in [0.15, 0.2) is 36.8 Å². The topological polar surface area (TPSA) is 83.1 Å². The number of ether oxygens (including phenoxy) is 1. The standard InChI is InChI=1S/C25H27N7O/c1-17-11-30(6-7-31(17)20-12-33-13-20)22-9-23(28-16-27-22)32-21-8-19(3-2-18(21)10-29-32)25(15-26)14-24(25)4-5-24/h2-3,8-10,16-17,20H,4-7,11-14H2,1H3/t17-,25-/m1/s1. The molecule has 0 amide bonds. The summed E-state index contributed by atoms with van der Waals surface area (Å²) in [6.07, 6.45) is 6.85. The van der Waals surface area contributed by atoms with Crippen molar-refractivity contribution in [2.24, 2.45) is 5.41 Å². The monoisotopic (exact) mass is 441 g/mol. The van der Waals surface area contributed by atoms with Crippen LogP contribution in [0, 0.1) is 16.7 Å². The van der Waals surface area contributed by atoms with Crippen LogP contribution in [0.25, 0.3) is 16.7 Å². The molecule has 4 aliphatic rings. The fraction of sp³-hybridized carbons (Fsp3) is 0.520. The lowest BCUT2D eigenvalue weighted by Crippen LogP contribution is -2.60. The predicted molar refractivity (Wildman–Crippen MR) is 123 cm³/mol. The minimum atomic E-state index is -0.311. The second-order valence-corrected chi connectivity index (χ2v) is 10.3. The summed E-state index contributed by atoms with van der Waals surface area (Å²) in [7, 11) is 0. The first-order chi connectivity index (χ1) is 16.1. The van der Waals surface area contributed by atoms with E-state index in [4.69, 9.17) is 4.74 Å². The summed E-state index contributed by atoms with van der Waals surface area (Å²) >= 11 is 0. The zero-order valence-electron chi connectivity index (χ0n) is 18.8. The van der Waals surface area contributed by atoms with Crippen LogP contribution in [0.3, 0.4) is 0 Å². The fourth-order valence-corrected chi connectivity index (χ4v) is 6.08. The minimum absolute atomic E-state index is 0.243. The van der Waals surface area contributed by atoms with Crippen molar-refractivity contribution in [2.75, 3.05) is 37.7 Å². The molecule has 2 aromatic heterocycles. The number of aromatic nitrogens is 4. The average molecular weight is 442 g/mol. The van der Waals surface area contributed by atoms with E-state index in [2.05, 4.69) is 56.1 Å². The van der Waals surface area contributed by atoms with E-state index in [1.54, 1.807) is 6.33 Å². The number of benzene rings is 1.